The zero-order valence-electron chi connectivity index (χ0n) is 9.27. The molecule has 0 radical (unpaired) electrons. The van der Waals surface area contributed by atoms with Crippen molar-refractivity contribution in [3.8, 4) is 0 Å². The Kier molecular flexibility index (Phi) is 3.34. The lowest BCUT2D eigenvalue weighted by Gasteiger charge is -2.26. The summed E-state index contributed by atoms with van der Waals surface area (Å²) in [7, 11) is 0. The van der Waals surface area contributed by atoms with Gasteiger partial charge in [-0.3, -0.25) is 4.90 Å². The number of β-amino-alcohol motifs (C(OH)–C–C–N with tert-alkyl or cyclic N) is 1. The van der Waals surface area contributed by atoms with Crippen LogP contribution in [-0.2, 0) is 9.53 Å². The molecule has 0 aromatic rings. The van der Waals surface area contributed by atoms with Gasteiger partial charge in [0.25, 0.3) is 0 Å². The van der Waals surface area contributed by atoms with Crippen molar-refractivity contribution in [2.75, 3.05) is 6.54 Å². The molecule has 2 atom stereocenters. The number of amides is 1. The first-order valence-electron chi connectivity index (χ1n) is 4.96. The van der Waals surface area contributed by atoms with Gasteiger partial charge in [-0.2, -0.15) is 0 Å². The Morgan fingerprint density at radius 2 is 2.13 bits per heavy atom. The van der Waals surface area contributed by atoms with Crippen molar-refractivity contribution in [1.29, 1.82) is 0 Å². The van der Waals surface area contributed by atoms with Crippen molar-refractivity contribution in [2.45, 2.75) is 44.9 Å². The van der Waals surface area contributed by atoms with Gasteiger partial charge in [0.15, 0.2) is 0 Å². The molecule has 5 heteroatoms. The molecule has 5 nitrogen and oxygen atoms in total. The highest BCUT2D eigenvalue weighted by Crippen LogP contribution is 2.19. The quantitative estimate of drug-likeness (QED) is 0.649. The van der Waals surface area contributed by atoms with Crippen molar-refractivity contribution >= 4 is 12.4 Å². The topological polar surface area (TPSA) is 66.8 Å². The lowest BCUT2D eigenvalue weighted by atomic mass is 10.2. The fraction of sp³-hybridized carbons (Fsp3) is 0.800. The molecule has 0 aliphatic carbocycles. The van der Waals surface area contributed by atoms with Crippen LogP contribution in [0.5, 0.6) is 0 Å². The molecule has 0 unspecified atom stereocenters. The van der Waals surface area contributed by atoms with Crippen molar-refractivity contribution in [3.05, 3.63) is 0 Å². The van der Waals surface area contributed by atoms with Crippen molar-refractivity contribution < 1.29 is 19.4 Å². The van der Waals surface area contributed by atoms with E-state index in [0.29, 0.717) is 12.7 Å². The van der Waals surface area contributed by atoms with E-state index in [1.165, 1.54) is 4.90 Å². The smallest absolute Gasteiger partial charge is 0.410 e. The zero-order valence-corrected chi connectivity index (χ0v) is 9.27. The predicted molar refractivity (Wildman–Crippen MR) is 53.4 cm³/mol. The maximum atomic E-state index is 11.6. The van der Waals surface area contributed by atoms with Gasteiger partial charge in [-0.05, 0) is 20.8 Å². The molecule has 0 aromatic heterocycles. The van der Waals surface area contributed by atoms with Crippen LogP contribution in [0.15, 0.2) is 0 Å². The third-order valence-electron chi connectivity index (χ3n) is 2.11. The summed E-state index contributed by atoms with van der Waals surface area (Å²) in [5, 5.41) is 9.34. The molecule has 0 aromatic carbocycles. The number of aliphatic hydroxyl groups is 1. The summed E-state index contributed by atoms with van der Waals surface area (Å²) in [6.07, 6.45) is -0.216. The number of hydrogen-bond donors (Lipinski definition) is 1. The number of rotatable bonds is 1. The summed E-state index contributed by atoms with van der Waals surface area (Å²) < 4.78 is 5.12. The van der Waals surface area contributed by atoms with E-state index in [9.17, 15) is 14.7 Å². The summed E-state index contributed by atoms with van der Waals surface area (Å²) in [5.74, 6) is 0. The van der Waals surface area contributed by atoms with Gasteiger partial charge in [-0.1, -0.05) is 0 Å². The first kappa shape index (κ1) is 12.0. The second kappa shape index (κ2) is 4.18. The van der Waals surface area contributed by atoms with E-state index in [0.717, 1.165) is 0 Å². The zero-order chi connectivity index (χ0) is 11.6. The van der Waals surface area contributed by atoms with Gasteiger partial charge in [0.1, 0.15) is 11.9 Å². The summed E-state index contributed by atoms with van der Waals surface area (Å²) in [5.41, 5.74) is -0.585. The van der Waals surface area contributed by atoms with Crippen LogP contribution >= 0.6 is 0 Å². The molecule has 1 aliphatic heterocycles. The first-order chi connectivity index (χ1) is 6.83. The van der Waals surface area contributed by atoms with Crippen LogP contribution in [0.1, 0.15) is 27.2 Å². The lowest BCUT2D eigenvalue weighted by molar-refractivity contribution is -0.111. The molecule has 86 valence electrons. The SMILES string of the molecule is CC(C)(C)OC(=O)N1C[C@@H](O)C[C@H]1C=O. The average molecular weight is 215 g/mol. The maximum absolute atomic E-state index is 11.6. The van der Waals surface area contributed by atoms with Gasteiger partial charge < -0.3 is 14.6 Å². The molecule has 1 N–H and O–H groups in total. The Morgan fingerprint density at radius 3 is 2.60 bits per heavy atom. The Morgan fingerprint density at radius 1 is 1.53 bits per heavy atom. The minimum atomic E-state index is -0.632. The number of aldehydes is 1. The molecule has 1 heterocycles. The van der Waals surface area contributed by atoms with E-state index in [-0.39, 0.29) is 6.54 Å². The third-order valence-corrected chi connectivity index (χ3v) is 2.11. The van der Waals surface area contributed by atoms with Crippen molar-refractivity contribution in [2.24, 2.45) is 0 Å². The second-order valence-corrected chi connectivity index (χ2v) is 4.73. The lowest BCUT2D eigenvalue weighted by Crippen LogP contribution is -2.40. The minimum absolute atomic E-state index is 0.165. The minimum Gasteiger partial charge on any atom is -0.444 e. The number of hydrogen-bond acceptors (Lipinski definition) is 4. The fourth-order valence-corrected chi connectivity index (χ4v) is 1.50. The largest absolute Gasteiger partial charge is 0.444 e. The van der Waals surface area contributed by atoms with Crippen LogP contribution in [-0.4, -0.2) is 46.7 Å². The van der Waals surface area contributed by atoms with E-state index in [2.05, 4.69) is 0 Å². The van der Waals surface area contributed by atoms with Crippen LogP contribution in [0.25, 0.3) is 0 Å². The van der Waals surface area contributed by atoms with Gasteiger partial charge in [-0.15, -0.1) is 0 Å². The van der Waals surface area contributed by atoms with Crippen LogP contribution in [0.3, 0.4) is 0 Å². The molecule has 1 saturated heterocycles. The standard InChI is InChI=1S/C10H17NO4/c1-10(2,3)15-9(14)11-5-8(13)4-7(11)6-12/h6-8,13H,4-5H2,1-3H3/t7-,8-/m0/s1. The predicted octanol–water partition coefficient (Wildman–Crippen LogP) is 0.556. The second-order valence-electron chi connectivity index (χ2n) is 4.73. The van der Waals surface area contributed by atoms with Gasteiger partial charge in [0.05, 0.1) is 18.7 Å². The highest BCUT2D eigenvalue weighted by Gasteiger charge is 2.36. The molecule has 1 rings (SSSR count). The summed E-state index contributed by atoms with van der Waals surface area (Å²) in [6.45, 7) is 5.44. The monoisotopic (exact) mass is 215 g/mol. The van der Waals surface area contributed by atoms with Crippen LogP contribution in [0.2, 0.25) is 0 Å². The molecule has 0 saturated carbocycles. The molecular formula is C10H17NO4. The summed E-state index contributed by atoms with van der Waals surface area (Å²) in [6, 6.07) is -0.560. The number of likely N-dealkylation sites (tertiary alicyclic amines) is 1. The van der Waals surface area contributed by atoms with Crippen molar-refractivity contribution in [1.82, 2.24) is 4.90 Å². The number of ether oxygens (including phenoxy) is 1. The van der Waals surface area contributed by atoms with E-state index < -0.39 is 23.8 Å². The molecule has 1 aliphatic rings. The Bertz CT molecular complexity index is 259. The number of carbonyl (C=O) groups excluding carboxylic acids is 2. The van der Waals surface area contributed by atoms with E-state index in [1.807, 2.05) is 0 Å². The van der Waals surface area contributed by atoms with Gasteiger partial charge in [0.2, 0.25) is 0 Å². The van der Waals surface area contributed by atoms with Gasteiger partial charge in [0, 0.05) is 6.42 Å². The molecule has 0 bridgehead atoms. The first-order valence-corrected chi connectivity index (χ1v) is 4.96. The normalized spacial score (nSPS) is 26.5. The molecule has 0 spiro atoms. The highest BCUT2D eigenvalue weighted by molar-refractivity contribution is 5.74. The fourth-order valence-electron chi connectivity index (χ4n) is 1.50. The summed E-state index contributed by atoms with van der Waals surface area (Å²) in [4.78, 5) is 23.5. The Balaban J connectivity index is 2.63. The van der Waals surface area contributed by atoms with E-state index >= 15 is 0 Å². The van der Waals surface area contributed by atoms with Gasteiger partial charge >= 0.3 is 6.09 Å². The van der Waals surface area contributed by atoms with E-state index in [1.54, 1.807) is 20.8 Å². The average Bonchev–Trinajstić information content (AvgIpc) is 2.43. The van der Waals surface area contributed by atoms with E-state index in [4.69, 9.17) is 4.74 Å². The Labute approximate surface area is 89.0 Å². The van der Waals surface area contributed by atoms with Crippen LogP contribution < -0.4 is 0 Å². The number of nitrogens with zero attached hydrogens (tertiary/aromatic N) is 1. The van der Waals surface area contributed by atoms with Crippen LogP contribution in [0, 0.1) is 0 Å². The Hall–Kier alpha value is -1.10. The summed E-state index contributed by atoms with van der Waals surface area (Å²) >= 11 is 0. The number of carbonyl (C=O) groups is 2. The van der Waals surface area contributed by atoms with Crippen molar-refractivity contribution in [3.63, 3.8) is 0 Å². The molecular weight excluding hydrogens is 198 g/mol. The molecule has 1 amide bonds. The number of aliphatic hydroxyl groups excluding tert-OH is 1. The third kappa shape index (κ3) is 3.20. The molecule has 1 fully saturated rings. The highest BCUT2D eigenvalue weighted by atomic mass is 16.6. The molecule has 15 heavy (non-hydrogen) atoms. The van der Waals surface area contributed by atoms with Gasteiger partial charge in [-0.25, -0.2) is 4.79 Å². The maximum Gasteiger partial charge on any atom is 0.410 e. The van der Waals surface area contributed by atoms with Crippen LogP contribution in [0.4, 0.5) is 4.79 Å².